The molecule has 0 aromatic carbocycles. The Morgan fingerprint density at radius 2 is 2.06 bits per heavy atom. The molecule has 0 aliphatic carbocycles. The summed E-state index contributed by atoms with van der Waals surface area (Å²) < 4.78 is 0. The fourth-order valence-electron chi connectivity index (χ4n) is 1.26. The Kier molecular flexibility index (Phi) is 5.37. The number of halogens is 1. The minimum absolute atomic E-state index is 0.135. The second-order valence-corrected chi connectivity index (χ2v) is 4.28. The van der Waals surface area contributed by atoms with E-state index >= 15 is 0 Å². The standard InChI is InChI=1S/C10H18ClN5O/c1-4-5-7(17)6-12-9-13-8(11)14-10(15-9)16(2)3/h7,17H,4-6H2,1-3H3,(H,12,13,14,15). The largest absolute Gasteiger partial charge is 0.391 e. The molecule has 96 valence electrons. The fourth-order valence-corrected chi connectivity index (χ4v) is 1.42. The van der Waals surface area contributed by atoms with E-state index in [9.17, 15) is 5.11 Å². The van der Waals surface area contributed by atoms with Gasteiger partial charge in [-0.1, -0.05) is 13.3 Å². The SMILES string of the molecule is CCCC(O)CNc1nc(Cl)nc(N(C)C)n1. The summed E-state index contributed by atoms with van der Waals surface area (Å²) in [5.41, 5.74) is 0. The van der Waals surface area contributed by atoms with Crippen molar-refractivity contribution in [1.29, 1.82) is 0 Å². The lowest BCUT2D eigenvalue weighted by atomic mass is 10.2. The molecule has 17 heavy (non-hydrogen) atoms. The zero-order valence-electron chi connectivity index (χ0n) is 10.3. The van der Waals surface area contributed by atoms with Crippen molar-refractivity contribution in [2.45, 2.75) is 25.9 Å². The Labute approximate surface area is 106 Å². The summed E-state index contributed by atoms with van der Waals surface area (Å²) in [6.45, 7) is 2.42. The normalized spacial score (nSPS) is 12.3. The van der Waals surface area contributed by atoms with Crippen molar-refractivity contribution in [3.8, 4) is 0 Å². The van der Waals surface area contributed by atoms with Crippen LogP contribution in [-0.4, -0.2) is 46.8 Å². The van der Waals surface area contributed by atoms with E-state index in [4.69, 9.17) is 11.6 Å². The summed E-state index contributed by atoms with van der Waals surface area (Å²) in [6, 6.07) is 0. The van der Waals surface area contributed by atoms with Crippen molar-refractivity contribution >= 4 is 23.5 Å². The van der Waals surface area contributed by atoms with Crippen LogP contribution < -0.4 is 10.2 Å². The molecule has 1 aromatic rings. The molecule has 0 amide bonds. The molecule has 7 heteroatoms. The Balaban J connectivity index is 2.64. The van der Waals surface area contributed by atoms with E-state index < -0.39 is 6.10 Å². The maximum absolute atomic E-state index is 9.58. The summed E-state index contributed by atoms with van der Waals surface area (Å²) in [5.74, 6) is 0.862. The first kappa shape index (κ1) is 13.9. The highest BCUT2D eigenvalue weighted by atomic mass is 35.5. The molecule has 0 saturated heterocycles. The Bertz CT molecular complexity index is 361. The molecule has 0 saturated carbocycles. The second kappa shape index (κ2) is 6.56. The van der Waals surface area contributed by atoms with Gasteiger partial charge in [0.2, 0.25) is 17.2 Å². The molecule has 1 atom stereocenters. The van der Waals surface area contributed by atoms with Gasteiger partial charge in [0.1, 0.15) is 0 Å². The van der Waals surface area contributed by atoms with Crippen LogP contribution in [0.3, 0.4) is 0 Å². The van der Waals surface area contributed by atoms with E-state index in [1.54, 1.807) is 4.90 Å². The van der Waals surface area contributed by atoms with Gasteiger partial charge in [-0.2, -0.15) is 15.0 Å². The predicted molar refractivity (Wildman–Crippen MR) is 68.6 cm³/mol. The van der Waals surface area contributed by atoms with Crippen molar-refractivity contribution in [3.63, 3.8) is 0 Å². The zero-order valence-corrected chi connectivity index (χ0v) is 11.1. The number of rotatable bonds is 6. The van der Waals surface area contributed by atoms with Gasteiger partial charge in [0.05, 0.1) is 6.10 Å². The smallest absolute Gasteiger partial charge is 0.230 e. The van der Waals surface area contributed by atoms with E-state index in [2.05, 4.69) is 20.3 Å². The van der Waals surface area contributed by atoms with Crippen LogP contribution in [0, 0.1) is 0 Å². The molecule has 1 aromatic heterocycles. The van der Waals surface area contributed by atoms with Gasteiger partial charge < -0.3 is 15.3 Å². The van der Waals surface area contributed by atoms with Gasteiger partial charge >= 0.3 is 0 Å². The van der Waals surface area contributed by atoms with Gasteiger partial charge in [-0.15, -0.1) is 0 Å². The van der Waals surface area contributed by atoms with Crippen LogP contribution in [0.15, 0.2) is 0 Å². The minimum Gasteiger partial charge on any atom is -0.391 e. The highest BCUT2D eigenvalue weighted by Crippen LogP contribution is 2.11. The van der Waals surface area contributed by atoms with Gasteiger partial charge in [-0.05, 0) is 18.0 Å². The van der Waals surface area contributed by atoms with E-state index in [0.717, 1.165) is 12.8 Å². The van der Waals surface area contributed by atoms with Gasteiger partial charge in [0.15, 0.2) is 0 Å². The molecule has 0 radical (unpaired) electrons. The first-order chi connectivity index (χ1) is 8.02. The molecular weight excluding hydrogens is 242 g/mol. The molecule has 2 N–H and O–H groups in total. The Hall–Kier alpha value is -1.14. The van der Waals surface area contributed by atoms with E-state index in [0.29, 0.717) is 18.4 Å². The van der Waals surface area contributed by atoms with E-state index in [-0.39, 0.29) is 5.28 Å². The molecule has 0 bridgehead atoms. The quantitative estimate of drug-likeness (QED) is 0.799. The second-order valence-electron chi connectivity index (χ2n) is 3.95. The third kappa shape index (κ3) is 4.70. The van der Waals surface area contributed by atoms with Crippen LogP contribution in [0.25, 0.3) is 0 Å². The lowest BCUT2D eigenvalue weighted by Crippen LogP contribution is -2.21. The van der Waals surface area contributed by atoms with Crippen molar-refractivity contribution < 1.29 is 5.11 Å². The number of nitrogens with one attached hydrogen (secondary N) is 1. The Morgan fingerprint density at radius 1 is 1.35 bits per heavy atom. The van der Waals surface area contributed by atoms with Gasteiger partial charge in [0, 0.05) is 20.6 Å². The number of hydrogen-bond acceptors (Lipinski definition) is 6. The van der Waals surface area contributed by atoms with Crippen LogP contribution in [0.4, 0.5) is 11.9 Å². The van der Waals surface area contributed by atoms with Crippen molar-refractivity contribution in [1.82, 2.24) is 15.0 Å². The van der Waals surface area contributed by atoms with Crippen molar-refractivity contribution in [2.75, 3.05) is 30.9 Å². The van der Waals surface area contributed by atoms with Crippen LogP contribution in [0.2, 0.25) is 5.28 Å². The summed E-state index contributed by atoms with van der Waals surface area (Å²) >= 11 is 5.78. The average Bonchev–Trinajstić information content (AvgIpc) is 2.26. The third-order valence-electron chi connectivity index (χ3n) is 2.11. The predicted octanol–water partition coefficient (Wildman–Crippen LogP) is 1.16. The van der Waals surface area contributed by atoms with Crippen molar-refractivity contribution in [2.24, 2.45) is 0 Å². The summed E-state index contributed by atoms with van der Waals surface area (Å²) in [5, 5.41) is 12.7. The highest BCUT2D eigenvalue weighted by molar-refractivity contribution is 6.28. The fraction of sp³-hybridized carbons (Fsp3) is 0.700. The van der Waals surface area contributed by atoms with Crippen LogP contribution in [0.1, 0.15) is 19.8 Å². The first-order valence-electron chi connectivity index (χ1n) is 5.53. The molecule has 1 heterocycles. The minimum atomic E-state index is -0.404. The lowest BCUT2D eigenvalue weighted by molar-refractivity contribution is 0.176. The molecule has 6 nitrogen and oxygen atoms in total. The number of hydrogen-bond donors (Lipinski definition) is 2. The van der Waals surface area contributed by atoms with E-state index in [1.807, 2.05) is 21.0 Å². The third-order valence-corrected chi connectivity index (χ3v) is 2.28. The monoisotopic (exact) mass is 259 g/mol. The molecule has 0 spiro atoms. The summed E-state index contributed by atoms with van der Waals surface area (Å²) in [6.07, 6.45) is 1.27. The first-order valence-corrected chi connectivity index (χ1v) is 5.91. The average molecular weight is 260 g/mol. The molecular formula is C10H18ClN5O. The maximum Gasteiger partial charge on any atom is 0.230 e. The van der Waals surface area contributed by atoms with Crippen LogP contribution >= 0.6 is 11.6 Å². The summed E-state index contributed by atoms with van der Waals surface area (Å²) in [7, 11) is 3.64. The molecule has 0 aliphatic rings. The van der Waals surface area contributed by atoms with Gasteiger partial charge in [0.25, 0.3) is 0 Å². The zero-order chi connectivity index (χ0) is 12.8. The summed E-state index contributed by atoms with van der Waals surface area (Å²) in [4.78, 5) is 13.8. The van der Waals surface area contributed by atoms with Crippen LogP contribution in [0.5, 0.6) is 0 Å². The van der Waals surface area contributed by atoms with E-state index in [1.165, 1.54) is 0 Å². The number of aliphatic hydroxyl groups is 1. The topological polar surface area (TPSA) is 74.2 Å². The number of aromatic nitrogens is 3. The van der Waals surface area contributed by atoms with Crippen molar-refractivity contribution in [3.05, 3.63) is 5.28 Å². The number of anilines is 2. The molecule has 0 fully saturated rings. The van der Waals surface area contributed by atoms with Gasteiger partial charge in [-0.25, -0.2) is 0 Å². The maximum atomic E-state index is 9.58. The number of aliphatic hydroxyl groups excluding tert-OH is 1. The lowest BCUT2D eigenvalue weighted by Gasteiger charge is -2.13. The molecule has 1 rings (SSSR count). The van der Waals surface area contributed by atoms with Crippen LogP contribution in [-0.2, 0) is 0 Å². The highest BCUT2D eigenvalue weighted by Gasteiger charge is 2.08. The number of nitrogens with zero attached hydrogens (tertiary/aromatic N) is 4. The molecule has 0 aliphatic heterocycles. The Morgan fingerprint density at radius 3 is 2.65 bits per heavy atom. The molecule has 1 unspecified atom stereocenters. The van der Waals surface area contributed by atoms with Gasteiger partial charge in [-0.3, -0.25) is 0 Å².